The molecule has 2 unspecified atom stereocenters. The van der Waals surface area contributed by atoms with Crippen LogP contribution in [-0.2, 0) is 11.2 Å². The first-order chi connectivity index (χ1) is 13.6. The Bertz CT molecular complexity index is 764. The van der Waals surface area contributed by atoms with Crippen molar-refractivity contribution in [3.8, 4) is 0 Å². The SMILES string of the molecule is OC(CN=C(NCCc1ccco1)NCC1CCOC1)c1ccc(Cl)c(F)c1. The molecule has 1 saturated heterocycles. The van der Waals surface area contributed by atoms with Gasteiger partial charge in [-0.25, -0.2) is 4.39 Å². The topological polar surface area (TPSA) is 79.0 Å². The lowest BCUT2D eigenvalue weighted by atomic mass is 10.1. The van der Waals surface area contributed by atoms with Gasteiger partial charge in [0, 0.05) is 32.0 Å². The van der Waals surface area contributed by atoms with Crippen LogP contribution in [0.5, 0.6) is 0 Å². The van der Waals surface area contributed by atoms with E-state index in [2.05, 4.69) is 15.6 Å². The lowest BCUT2D eigenvalue weighted by molar-refractivity contribution is 0.185. The largest absolute Gasteiger partial charge is 0.469 e. The highest BCUT2D eigenvalue weighted by molar-refractivity contribution is 6.30. The van der Waals surface area contributed by atoms with Crippen molar-refractivity contribution in [2.45, 2.75) is 18.9 Å². The maximum Gasteiger partial charge on any atom is 0.191 e. The highest BCUT2D eigenvalue weighted by Gasteiger charge is 2.16. The first-order valence-corrected chi connectivity index (χ1v) is 9.75. The summed E-state index contributed by atoms with van der Waals surface area (Å²) in [4.78, 5) is 4.45. The number of guanidine groups is 1. The van der Waals surface area contributed by atoms with Crippen molar-refractivity contribution >= 4 is 17.6 Å². The molecule has 0 bridgehead atoms. The summed E-state index contributed by atoms with van der Waals surface area (Å²) in [5.74, 6) is 1.35. The number of ether oxygens (including phenoxy) is 1. The molecule has 0 radical (unpaired) electrons. The van der Waals surface area contributed by atoms with E-state index in [9.17, 15) is 9.50 Å². The minimum absolute atomic E-state index is 0.0279. The minimum atomic E-state index is -0.926. The van der Waals surface area contributed by atoms with Crippen molar-refractivity contribution in [3.63, 3.8) is 0 Å². The molecule has 1 aliphatic heterocycles. The van der Waals surface area contributed by atoms with Gasteiger partial charge >= 0.3 is 0 Å². The average molecular weight is 410 g/mol. The van der Waals surface area contributed by atoms with Gasteiger partial charge in [0.2, 0.25) is 0 Å². The number of halogens is 2. The Balaban J connectivity index is 1.57. The van der Waals surface area contributed by atoms with Crippen LogP contribution in [0.25, 0.3) is 0 Å². The molecular formula is C20H25ClFN3O3. The van der Waals surface area contributed by atoms with E-state index >= 15 is 0 Å². The Labute approximate surface area is 168 Å². The number of hydrogen-bond donors (Lipinski definition) is 3. The van der Waals surface area contributed by atoms with Crippen LogP contribution in [0, 0.1) is 11.7 Å². The molecule has 152 valence electrons. The van der Waals surface area contributed by atoms with Crippen molar-refractivity contribution in [3.05, 3.63) is 58.8 Å². The van der Waals surface area contributed by atoms with Crippen molar-refractivity contribution in [1.82, 2.24) is 10.6 Å². The van der Waals surface area contributed by atoms with Gasteiger partial charge in [-0.05, 0) is 36.2 Å². The van der Waals surface area contributed by atoms with Crippen molar-refractivity contribution in [2.24, 2.45) is 10.9 Å². The molecule has 1 aliphatic rings. The normalized spacial score (nSPS) is 18.2. The summed E-state index contributed by atoms with van der Waals surface area (Å²) < 4.78 is 24.3. The molecule has 3 rings (SSSR count). The molecule has 3 N–H and O–H groups in total. The highest BCUT2D eigenvalue weighted by atomic mass is 35.5. The van der Waals surface area contributed by atoms with Crippen LogP contribution in [0.4, 0.5) is 4.39 Å². The number of benzene rings is 1. The number of aliphatic hydroxyl groups is 1. The van der Waals surface area contributed by atoms with Gasteiger partial charge in [-0.15, -0.1) is 0 Å². The van der Waals surface area contributed by atoms with Crippen molar-refractivity contribution < 1.29 is 18.7 Å². The fourth-order valence-electron chi connectivity index (χ4n) is 2.92. The summed E-state index contributed by atoms with van der Waals surface area (Å²) in [5.41, 5.74) is 0.435. The minimum Gasteiger partial charge on any atom is -0.469 e. The summed E-state index contributed by atoms with van der Waals surface area (Å²) in [6.07, 6.45) is 2.44. The predicted octanol–water partition coefficient (Wildman–Crippen LogP) is 2.92. The third-order valence-electron chi connectivity index (χ3n) is 4.58. The van der Waals surface area contributed by atoms with Crippen LogP contribution in [-0.4, -0.2) is 43.9 Å². The van der Waals surface area contributed by atoms with Gasteiger partial charge in [-0.3, -0.25) is 4.99 Å². The van der Waals surface area contributed by atoms with Gasteiger partial charge in [0.1, 0.15) is 11.6 Å². The molecule has 1 aromatic carbocycles. The monoisotopic (exact) mass is 409 g/mol. The number of aliphatic hydroxyl groups excluding tert-OH is 1. The highest BCUT2D eigenvalue weighted by Crippen LogP contribution is 2.20. The van der Waals surface area contributed by atoms with Crippen LogP contribution >= 0.6 is 11.6 Å². The van der Waals surface area contributed by atoms with Gasteiger partial charge in [0.15, 0.2) is 5.96 Å². The van der Waals surface area contributed by atoms with E-state index in [0.29, 0.717) is 30.4 Å². The second kappa shape index (κ2) is 10.5. The van der Waals surface area contributed by atoms with Gasteiger partial charge < -0.3 is 24.9 Å². The van der Waals surface area contributed by atoms with E-state index in [1.54, 1.807) is 12.3 Å². The standard InChI is InChI=1S/C20H25ClFN3O3/c21-17-4-3-15(10-18(17)22)19(26)12-25-20(24-11-14-6-9-27-13-14)23-7-5-16-2-1-8-28-16/h1-4,8,10,14,19,26H,5-7,9,11-13H2,(H2,23,24,25). The van der Waals surface area contributed by atoms with Crippen LogP contribution in [0.15, 0.2) is 46.0 Å². The van der Waals surface area contributed by atoms with E-state index < -0.39 is 11.9 Å². The maximum absolute atomic E-state index is 13.6. The molecule has 2 aromatic rings. The third kappa shape index (κ3) is 6.22. The van der Waals surface area contributed by atoms with E-state index in [1.165, 1.54) is 12.1 Å². The van der Waals surface area contributed by atoms with Gasteiger partial charge in [0.05, 0.1) is 30.5 Å². The Morgan fingerprint density at radius 3 is 2.96 bits per heavy atom. The second-order valence-electron chi connectivity index (χ2n) is 6.75. The van der Waals surface area contributed by atoms with E-state index in [-0.39, 0.29) is 11.6 Å². The lowest BCUT2D eigenvalue weighted by Gasteiger charge is -2.16. The predicted molar refractivity (Wildman–Crippen MR) is 106 cm³/mol. The van der Waals surface area contributed by atoms with Crippen LogP contribution in [0.3, 0.4) is 0 Å². The van der Waals surface area contributed by atoms with Crippen molar-refractivity contribution in [2.75, 3.05) is 32.8 Å². The maximum atomic E-state index is 13.6. The van der Waals surface area contributed by atoms with Gasteiger partial charge in [-0.1, -0.05) is 17.7 Å². The zero-order valence-corrected chi connectivity index (χ0v) is 16.3. The van der Waals surface area contributed by atoms with E-state index in [0.717, 1.165) is 31.9 Å². The van der Waals surface area contributed by atoms with Crippen molar-refractivity contribution in [1.29, 1.82) is 0 Å². The molecule has 1 fully saturated rings. The molecule has 2 atom stereocenters. The smallest absolute Gasteiger partial charge is 0.191 e. The molecule has 8 heteroatoms. The van der Waals surface area contributed by atoms with Crippen LogP contribution < -0.4 is 10.6 Å². The fraction of sp³-hybridized carbons (Fsp3) is 0.450. The van der Waals surface area contributed by atoms with E-state index in [1.807, 2.05) is 12.1 Å². The van der Waals surface area contributed by atoms with E-state index in [4.69, 9.17) is 20.8 Å². The summed E-state index contributed by atoms with van der Waals surface area (Å²) in [6.45, 7) is 2.98. The second-order valence-corrected chi connectivity index (χ2v) is 7.15. The Morgan fingerprint density at radius 2 is 2.25 bits per heavy atom. The number of furan rings is 1. The molecule has 2 heterocycles. The Hall–Kier alpha value is -2.09. The summed E-state index contributed by atoms with van der Waals surface area (Å²) in [7, 11) is 0. The molecule has 1 aromatic heterocycles. The van der Waals surface area contributed by atoms with Gasteiger partial charge in [0.25, 0.3) is 0 Å². The number of hydrogen-bond acceptors (Lipinski definition) is 4. The summed E-state index contributed by atoms with van der Waals surface area (Å²) in [5, 5.41) is 16.9. The molecule has 0 amide bonds. The Morgan fingerprint density at radius 1 is 1.36 bits per heavy atom. The third-order valence-corrected chi connectivity index (χ3v) is 4.88. The quantitative estimate of drug-likeness (QED) is 0.461. The zero-order valence-electron chi connectivity index (χ0n) is 15.5. The Kier molecular flexibility index (Phi) is 7.71. The first-order valence-electron chi connectivity index (χ1n) is 9.37. The number of nitrogens with zero attached hydrogens (tertiary/aromatic N) is 1. The average Bonchev–Trinajstić information content (AvgIpc) is 3.39. The summed E-state index contributed by atoms with van der Waals surface area (Å²) >= 11 is 5.69. The van der Waals surface area contributed by atoms with Gasteiger partial charge in [-0.2, -0.15) is 0 Å². The fourth-order valence-corrected chi connectivity index (χ4v) is 3.04. The molecule has 28 heavy (non-hydrogen) atoms. The first kappa shape index (κ1) is 20.6. The lowest BCUT2D eigenvalue weighted by Crippen LogP contribution is -2.41. The molecule has 0 spiro atoms. The molecular weight excluding hydrogens is 385 g/mol. The zero-order chi connectivity index (χ0) is 19.8. The molecule has 0 saturated carbocycles. The van der Waals surface area contributed by atoms with Crippen LogP contribution in [0.2, 0.25) is 5.02 Å². The number of rotatable bonds is 8. The molecule has 6 nitrogen and oxygen atoms in total. The number of nitrogens with one attached hydrogen (secondary N) is 2. The molecule has 0 aliphatic carbocycles. The number of aliphatic imine (C=N–C) groups is 1. The van der Waals surface area contributed by atoms with Crippen LogP contribution in [0.1, 0.15) is 23.8 Å². The summed E-state index contributed by atoms with van der Waals surface area (Å²) in [6, 6.07) is 8.03.